The molecule has 3 heteroatoms. The van der Waals surface area contributed by atoms with Crippen molar-refractivity contribution in [1.82, 2.24) is 9.97 Å². The average Bonchev–Trinajstić information content (AvgIpc) is 2.73. The number of benzene rings is 4. The van der Waals surface area contributed by atoms with Crippen LogP contribution in [0.3, 0.4) is 0 Å². The normalized spacial score (nSPS) is 11.1. The van der Waals surface area contributed by atoms with Crippen molar-refractivity contribution >= 4 is 37.6 Å². The van der Waals surface area contributed by atoms with Crippen molar-refractivity contribution in [3.63, 3.8) is 0 Å². The highest BCUT2D eigenvalue weighted by Gasteiger charge is 2.13. The number of fused-ring (bicyclic) bond motifs is 3. The van der Waals surface area contributed by atoms with Gasteiger partial charge in [-0.3, -0.25) is 0 Å². The fourth-order valence-electron chi connectivity index (χ4n) is 3.44. The molecule has 0 saturated heterocycles. The van der Waals surface area contributed by atoms with E-state index in [9.17, 15) is 0 Å². The molecule has 0 unspecified atom stereocenters. The van der Waals surface area contributed by atoms with E-state index in [-0.39, 0.29) is 0 Å². The molecule has 0 aliphatic rings. The average molecular weight is 411 g/mol. The van der Waals surface area contributed by atoms with Crippen LogP contribution >= 0.6 is 15.9 Å². The molecule has 0 fully saturated rings. The second-order valence-corrected chi connectivity index (χ2v) is 7.37. The molecule has 1 aromatic heterocycles. The van der Waals surface area contributed by atoms with Crippen LogP contribution in [-0.4, -0.2) is 9.97 Å². The number of halogens is 1. The molecule has 1 heterocycles. The van der Waals surface area contributed by atoms with Gasteiger partial charge in [0.1, 0.15) is 0 Å². The van der Waals surface area contributed by atoms with Gasteiger partial charge in [-0.2, -0.15) is 0 Å². The molecular formula is C24H15BrN2. The van der Waals surface area contributed by atoms with Crippen molar-refractivity contribution in [2.75, 3.05) is 0 Å². The highest BCUT2D eigenvalue weighted by Crippen LogP contribution is 2.33. The summed E-state index contributed by atoms with van der Waals surface area (Å²) in [6.07, 6.45) is 0. The SMILES string of the molecule is Brc1cccc(-c2nc(-c3ccccc3)nc3c2ccc2ccccc23)c1. The zero-order chi connectivity index (χ0) is 18.2. The van der Waals surface area contributed by atoms with Gasteiger partial charge in [0.2, 0.25) is 0 Å². The van der Waals surface area contributed by atoms with Crippen molar-refractivity contribution in [2.45, 2.75) is 0 Å². The lowest BCUT2D eigenvalue weighted by Crippen LogP contribution is -1.96. The summed E-state index contributed by atoms with van der Waals surface area (Å²) in [4.78, 5) is 9.92. The van der Waals surface area contributed by atoms with Crippen molar-refractivity contribution in [2.24, 2.45) is 0 Å². The summed E-state index contributed by atoms with van der Waals surface area (Å²) in [6, 6.07) is 31.1. The second-order valence-electron chi connectivity index (χ2n) is 6.46. The fraction of sp³-hybridized carbons (Fsp3) is 0. The zero-order valence-corrected chi connectivity index (χ0v) is 16.0. The summed E-state index contributed by atoms with van der Waals surface area (Å²) in [6.45, 7) is 0. The Kier molecular flexibility index (Phi) is 3.95. The van der Waals surface area contributed by atoms with E-state index in [2.05, 4.69) is 76.6 Å². The molecule has 0 amide bonds. The Labute approximate surface area is 165 Å². The van der Waals surface area contributed by atoms with Gasteiger partial charge in [0.05, 0.1) is 11.2 Å². The van der Waals surface area contributed by atoms with Crippen LogP contribution < -0.4 is 0 Å². The molecule has 0 aliphatic heterocycles. The smallest absolute Gasteiger partial charge is 0.160 e. The Bertz CT molecular complexity index is 1280. The molecule has 0 spiro atoms. The van der Waals surface area contributed by atoms with Crippen LogP contribution in [0.25, 0.3) is 44.3 Å². The van der Waals surface area contributed by atoms with E-state index in [0.29, 0.717) is 0 Å². The van der Waals surface area contributed by atoms with Gasteiger partial charge in [0.25, 0.3) is 0 Å². The van der Waals surface area contributed by atoms with Crippen molar-refractivity contribution in [3.05, 3.63) is 95.5 Å². The Morgan fingerprint density at radius 2 is 1.37 bits per heavy atom. The van der Waals surface area contributed by atoms with Gasteiger partial charge in [0, 0.05) is 26.4 Å². The molecule has 0 saturated carbocycles. The first-order valence-corrected chi connectivity index (χ1v) is 9.60. The van der Waals surface area contributed by atoms with E-state index < -0.39 is 0 Å². The molecule has 5 rings (SSSR count). The highest BCUT2D eigenvalue weighted by molar-refractivity contribution is 9.10. The maximum atomic E-state index is 4.96. The molecular weight excluding hydrogens is 396 g/mol. The van der Waals surface area contributed by atoms with E-state index >= 15 is 0 Å². The zero-order valence-electron chi connectivity index (χ0n) is 14.4. The summed E-state index contributed by atoms with van der Waals surface area (Å²) in [5.74, 6) is 0.745. The number of nitrogens with zero attached hydrogens (tertiary/aromatic N) is 2. The topological polar surface area (TPSA) is 25.8 Å². The van der Waals surface area contributed by atoms with E-state index in [1.807, 2.05) is 30.3 Å². The Morgan fingerprint density at radius 1 is 0.593 bits per heavy atom. The van der Waals surface area contributed by atoms with Crippen LogP contribution in [0.15, 0.2) is 95.5 Å². The van der Waals surface area contributed by atoms with Crippen LogP contribution in [0.5, 0.6) is 0 Å². The molecule has 0 aliphatic carbocycles. The molecule has 0 bridgehead atoms. The van der Waals surface area contributed by atoms with Crippen molar-refractivity contribution < 1.29 is 0 Å². The van der Waals surface area contributed by atoms with E-state index in [1.54, 1.807) is 0 Å². The maximum absolute atomic E-state index is 4.96. The van der Waals surface area contributed by atoms with E-state index in [1.165, 1.54) is 5.39 Å². The summed E-state index contributed by atoms with van der Waals surface area (Å²) in [5, 5.41) is 3.39. The van der Waals surface area contributed by atoms with E-state index in [0.717, 1.165) is 43.4 Å². The number of aromatic nitrogens is 2. The van der Waals surface area contributed by atoms with Crippen LogP contribution in [0.2, 0.25) is 0 Å². The Balaban J connectivity index is 1.91. The van der Waals surface area contributed by atoms with Crippen molar-refractivity contribution in [1.29, 1.82) is 0 Å². The third-order valence-corrected chi connectivity index (χ3v) is 5.21. The minimum absolute atomic E-state index is 0.745. The molecule has 2 nitrogen and oxygen atoms in total. The molecule has 27 heavy (non-hydrogen) atoms. The quantitative estimate of drug-likeness (QED) is 0.296. The first-order valence-electron chi connectivity index (χ1n) is 8.80. The summed E-state index contributed by atoms with van der Waals surface area (Å²) in [7, 11) is 0. The predicted octanol–water partition coefficient (Wildman–Crippen LogP) is 6.88. The van der Waals surface area contributed by atoms with Crippen LogP contribution in [0, 0.1) is 0 Å². The van der Waals surface area contributed by atoms with Crippen LogP contribution in [-0.2, 0) is 0 Å². The Hall–Kier alpha value is -3.04. The Morgan fingerprint density at radius 3 is 2.22 bits per heavy atom. The molecule has 0 N–H and O–H groups in total. The van der Waals surface area contributed by atoms with Gasteiger partial charge < -0.3 is 0 Å². The maximum Gasteiger partial charge on any atom is 0.160 e. The van der Waals surface area contributed by atoms with Gasteiger partial charge in [-0.15, -0.1) is 0 Å². The van der Waals surface area contributed by atoms with Gasteiger partial charge in [-0.1, -0.05) is 88.7 Å². The summed E-state index contributed by atoms with van der Waals surface area (Å²) < 4.78 is 1.04. The van der Waals surface area contributed by atoms with Crippen molar-refractivity contribution in [3.8, 4) is 22.6 Å². The predicted molar refractivity (Wildman–Crippen MR) is 116 cm³/mol. The lowest BCUT2D eigenvalue weighted by atomic mass is 10.0. The lowest BCUT2D eigenvalue weighted by molar-refractivity contribution is 1.23. The first-order chi connectivity index (χ1) is 13.3. The van der Waals surface area contributed by atoms with E-state index in [4.69, 9.17) is 9.97 Å². The lowest BCUT2D eigenvalue weighted by Gasteiger charge is -2.11. The number of rotatable bonds is 2. The summed E-state index contributed by atoms with van der Waals surface area (Å²) >= 11 is 3.58. The molecule has 0 atom stereocenters. The molecule has 5 aromatic rings. The molecule has 128 valence electrons. The minimum atomic E-state index is 0.745. The number of hydrogen-bond donors (Lipinski definition) is 0. The standard InChI is InChI=1S/C24H15BrN2/c25-19-11-6-10-18(15-19)22-21-14-13-16-7-4-5-12-20(16)23(21)27-24(26-22)17-8-2-1-3-9-17/h1-15H. The summed E-state index contributed by atoms with van der Waals surface area (Å²) in [5.41, 5.74) is 4.02. The molecule has 0 radical (unpaired) electrons. The second kappa shape index (κ2) is 6.60. The number of hydrogen-bond acceptors (Lipinski definition) is 2. The first kappa shape index (κ1) is 16.2. The van der Waals surface area contributed by atoms with Gasteiger partial charge in [0.15, 0.2) is 5.82 Å². The van der Waals surface area contributed by atoms with Gasteiger partial charge in [-0.05, 0) is 23.6 Å². The van der Waals surface area contributed by atoms with Gasteiger partial charge in [-0.25, -0.2) is 9.97 Å². The van der Waals surface area contributed by atoms with Crippen LogP contribution in [0.1, 0.15) is 0 Å². The highest BCUT2D eigenvalue weighted by atomic mass is 79.9. The molecule has 4 aromatic carbocycles. The third kappa shape index (κ3) is 2.90. The van der Waals surface area contributed by atoms with Crippen LogP contribution in [0.4, 0.5) is 0 Å². The third-order valence-electron chi connectivity index (χ3n) is 4.72. The fourth-order valence-corrected chi connectivity index (χ4v) is 3.84. The largest absolute Gasteiger partial charge is 0.227 e. The van der Waals surface area contributed by atoms with Gasteiger partial charge >= 0.3 is 0 Å². The minimum Gasteiger partial charge on any atom is -0.227 e. The monoisotopic (exact) mass is 410 g/mol.